The summed E-state index contributed by atoms with van der Waals surface area (Å²) < 4.78 is 0. The first-order valence-corrected chi connectivity index (χ1v) is 8.47. The van der Waals surface area contributed by atoms with Gasteiger partial charge >= 0.3 is 0 Å². The van der Waals surface area contributed by atoms with Gasteiger partial charge in [0.05, 0.1) is 12.2 Å². The van der Waals surface area contributed by atoms with Crippen LogP contribution in [0.25, 0.3) is 0 Å². The number of hydrogen-bond acceptors (Lipinski definition) is 4. The van der Waals surface area contributed by atoms with Crippen LogP contribution in [0.15, 0.2) is 0 Å². The molecule has 0 bridgehead atoms. The highest BCUT2D eigenvalue weighted by Crippen LogP contribution is 2.22. The summed E-state index contributed by atoms with van der Waals surface area (Å²) in [5.74, 6) is 0. The second kappa shape index (κ2) is 7.36. The molecule has 1 aliphatic rings. The molecule has 0 spiro atoms. The van der Waals surface area contributed by atoms with Crippen LogP contribution in [-0.2, 0) is 19.5 Å². The second-order valence-electron chi connectivity index (χ2n) is 5.50. The van der Waals surface area contributed by atoms with Gasteiger partial charge in [-0.05, 0) is 45.7 Å². The normalized spacial score (nSPS) is 18.1. The van der Waals surface area contributed by atoms with Crippen LogP contribution in [0.3, 0.4) is 0 Å². The fourth-order valence-corrected chi connectivity index (χ4v) is 3.61. The maximum Gasteiger partial charge on any atom is 0.107 e. The van der Waals surface area contributed by atoms with Gasteiger partial charge in [-0.2, -0.15) is 0 Å². The van der Waals surface area contributed by atoms with E-state index in [-0.39, 0.29) is 0 Å². The molecular formula is C15H27N3S. The molecule has 1 unspecified atom stereocenters. The van der Waals surface area contributed by atoms with Crippen LogP contribution in [0.2, 0.25) is 0 Å². The highest BCUT2D eigenvalue weighted by Gasteiger charge is 2.16. The van der Waals surface area contributed by atoms with E-state index < -0.39 is 0 Å². The van der Waals surface area contributed by atoms with Crippen molar-refractivity contribution in [2.75, 3.05) is 13.1 Å². The molecule has 1 fully saturated rings. The van der Waals surface area contributed by atoms with E-state index in [0.717, 1.165) is 19.5 Å². The Morgan fingerprint density at radius 2 is 2.05 bits per heavy atom. The fourth-order valence-electron chi connectivity index (χ4n) is 2.46. The Labute approximate surface area is 121 Å². The van der Waals surface area contributed by atoms with Gasteiger partial charge in [0.15, 0.2) is 0 Å². The molecule has 1 aromatic rings. The molecule has 1 N–H and O–H groups in total. The van der Waals surface area contributed by atoms with E-state index >= 15 is 0 Å². The van der Waals surface area contributed by atoms with E-state index in [9.17, 15) is 0 Å². The highest BCUT2D eigenvalue weighted by atomic mass is 32.1. The standard InChI is InChI=1S/C15H27N3S/c1-4-12(3)16-10-14-13(5-2)17-15(19-14)11-18-8-6-7-9-18/h12,16H,4-11H2,1-3H3. The summed E-state index contributed by atoms with van der Waals surface area (Å²) in [6.45, 7) is 11.2. The molecule has 0 aliphatic carbocycles. The average molecular weight is 281 g/mol. The van der Waals surface area contributed by atoms with Crippen LogP contribution >= 0.6 is 11.3 Å². The van der Waals surface area contributed by atoms with Crippen molar-refractivity contribution in [1.29, 1.82) is 0 Å². The van der Waals surface area contributed by atoms with Crippen molar-refractivity contribution in [2.24, 2.45) is 0 Å². The number of aromatic nitrogens is 1. The van der Waals surface area contributed by atoms with E-state index in [0.29, 0.717) is 6.04 Å². The largest absolute Gasteiger partial charge is 0.309 e. The molecule has 2 heterocycles. The molecule has 0 radical (unpaired) electrons. The molecule has 108 valence electrons. The molecule has 19 heavy (non-hydrogen) atoms. The van der Waals surface area contributed by atoms with Gasteiger partial charge in [-0.25, -0.2) is 4.98 Å². The van der Waals surface area contributed by atoms with Crippen molar-refractivity contribution >= 4 is 11.3 Å². The zero-order valence-electron chi connectivity index (χ0n) is 12.5. The van der Waals surface area contributed by atoms with Gasteiger partial charge < -0.3 is 5.32 Å². The van der Waals surface area contributed by atoms with Crippen LogP contribution in [0.1, 0.15) is 55.6 Å². The predicted octanol–water partition coefficient (Wildman–Crippen LogP) is 3.19. The summed E-state index contributed by atoms with van der Waals surface area (Å²) in [5, 5.41) is 4.89. The number of nitrogens with one attached hydrogen (secondary N) is 1. The second-order valence-corrected chi connectivity index (χ2v) is 6.67. The van der Waals surface area contributed by atoms with E-state index in [2.05, 4.69) is 31.0 Å². The number of aryl methyl sites for hydroxylation is 1. The quantitative estimate of drug-likeness (QED) is 0.832. The summed E-state index contributed by atoms with van der Waals surface area (Å²) in [4.78, 5) is 8.81. The molecule has 3 nitrogen and oxygen atoms in total. The first-order valence-electron chi connectivity index (χ1n) is 7.66. The first kappa shape index (κ1) is 14.9. The molecule has 1 aliphatic heterocycles. The maximum absolute atomic E-state index is 4.83. The zero-order chi connectivity index (χ0) is 13.7. The Hall–Kier alpha value is -0.450. The van der Waals surface area contributed by atoms with E-state index in [1.165, 1.54) is 47.9 Å². The van der Waals surface area contributed by atoms with Gasteiger partial charge in [-0.3, -0.25) is 4.90 Å². The highest BCUT2D eigenvalue weighted by molar-refractivity contribution is 7.11. The third-order valence-electron chi connectivity index (χ3n) is 3.94. The molecule has 2 rings (SSSR count). The van der Waals surface area contributed by atoms with E-state index in [4.69, 9.17) is 4.98 Å². The Morgan fingerprint density at radius 3 is 2.68 bits per heavy atom. The molecule has 1 atom stereocenters. The van der Waals surface area contributed by atoms with E-state index in [1.54, 1.807) is 0 Å². The van der Waals surface area contributed by atoms with Gasteiger partial charge in [0.1, 0.15) is 5.01 Å². The van der Waals surface area contributed by atoms with Crippen LogP contribution in [-0.4, -0.2) is 29.0 Å². The van der Waals surface area contributed by atoms with Crippen molar-refractivity contribution in [1.82, 2.24) is 15.2 Å². The van der Waals surface area contributed by atoms with Crippen LogP contribution in [0.4, 0.5) is 0 Å². The molecular weight excluding hydrogens is 254 g/mol. The Balaban J connectivity index is 1.95. The SMILES string of the molecule is CCc1nc(CN2CCCC2)sc1CNC(C)CC. The lowest BCUT2D eigenvalue weighted by atomic mass is 10.2. The van der Waals surface area contributed by atoms with Crippen molar-refractivity contribution < 1.29 is 0 Å². The van der Waals surface area contributed by atoms with Gasteiger partial charge in [0.2, 0.25) is 0 Å². The lowest BCUT2D eigenvalue weighted by Crippen LogP contribution is -2.24. The summed E-state index contributed by atoms with van der Waals surface area (Å²) in [7, 11) is 0. The van der Waals surface area contributed by atoms with Crippen molar-refractivity contribution in [3.8, 4) is 0 Å². The molecule has 4 heteroatoms. The van der Waals surface area contributed by atoms with Gasteiger partial charge in [-0.15, -0.1) is 11.3 Å². The lowest BCUT2D eigenvalue weighted by Gasteiger charge is -2.11. The Bertz CT molecular complexity index is 383. The topological polar surface area (TPSA) is 28.2 Å². The smallest absolute Gasteiger partial charge is 0.107 e. The van der Waals surface area contributed by atoms with Gasteiger partial charge in [-0.1, -0.05) is 13.8 Å². The van der Waals surface area contributed by atoms with E-state index in [1.807, 2.05) is 11.3 Å². The summed E-state index contributed by atoms with van der Waals surface area (Å²) in [5.41, 5.74) is 1.30. The maximum atomic E-state index is 4.83. The number of rotatable bonds is 7. The summed E-state index contributed by atoms with van der Waals surface area (Å²) in [6.07, 6.45) is 4.94. The molecule has 0 amide bonds. The molecule has 0 saturated carbocycles. The van der Waals surface area contributed by atoms with Crippen molar-refractivity contribution in [2.45, 2.75) is 65.6 Å². The zero-order valence-corrected chi connectivity index (χ0v) is 13.4. The number of nitrogens with zero attached hydrogens (tertiary/aromatic N) is 2. The number of likely N-dealkylation sites (tertiary alicyclic amines) is 1. The summed E-state index contributed by atoms with van der Waals surface area (Å²) in [6, 6.07) is 0.592. The molecule has 1 saturated heterocycles. The third-order valence-corrected chi connectivity index (χ3v) is 5.02. The molecule has 1 aromatic heterocycles. The predicted molar refractivity (Wildman–Crippen MR) is 82.6 cm³/mol. The van der Waals surface area contributed by atoms with Crippen LogP contribution < -0.4 is 5.32 Å². The van der Waals surface area contributed by atoms with Crippen LogP contribution in [0, 0.1) is 0 Å². The number of hydrogen-bond donors (Lipinski definition) is 1. The van der Waals surface area contributed by atoms with Gasteiger partial charge in [0.25, 0.3) is 0 Å². The Kier molecular flexibility index (Phi) is 5.79. The monoisotopic (exact) mass is 281 g/mol. The molecule has 0 aromatic carbocycles. The number of thiazole rings is 1. The third kappa shape index (κ3) is 4.26. The van der Waals surface area contributed by atoms with Crippen LogP contribution in [0.5, 0.6) is 0 Å². The van der Waals surface area contributed by atoms with Crippen molar-refractivity contribution in [3.63, 3.8) is 0 Å². The van der Waals surface area contributed by atoms with Gasteiger partial charge in [0, 0.05) is 17.5 Å². The first-order chi connectivity index (χ1) is 9.22. The average Bonchev–Trinajstić information content (AvgIpc) is 3.05. The van der Waals surface area contributed by atoms with Crippen molar-refractivity contribution in [3.05, 3.63) is 15.6 Å². The minimum absolute atomic E-state index is 0.592. The minimum atomic E-state index is 0.592. The lowest BCUT2D eigenvalue weighted by molar-refractivity contribution is 0.330. The summed E-state index contributed by atoms with van der Waals surface area (Å²) >= 11 is 1.91. The fraction of sp³-hybridized carbons (Fsp3) is 0.800. The minimum Gasteiger partial charge on any atom is -0.309 e. The Morgan fingerprint density at radius 1 is 1.32 bits per heavy atom.